The second-order valence-corrected chi connectivity index (χ2v) is 5.39. The summed E-state index contributed by atoms with van der Waals surface area (Å²) in [6, 6.07) is 8.08. The van der Waals surface area contributed by atoms with Gasteiger partial charge < -0.3 is 9.64 Å². The van der Waals surface area contributed by atoms with Crippen LogP contribution in [-0.4, -0.2) is 25.3 Å². The Kier molecular flexibility index (Phi) is 3.79. The summed E-state index contributed by atoms with van der Waals surface area (Å²) in [5, 5.41) is 9.25. The summed E-state index contributed by atoms with van der Waals surface area (Å²) in [5.74, 6) is 0.434. The molecule has 0 bridgehead atoms. The fraction of sp³-hybridized carbons (Fsp3) is 0.500. The molecule has 1 aromatic rings. The number of ether oxygens (including phenoxy) is 1. The van der Waals surface area contributed by atoms with E-state index in [9.17, 15) is 5.26 Å². The van der Waals surface area contributed by atoms with Gasteiger partial charge in [0.2, 0.25) is 0 Å². The largest absolute Gasteiger partial charge is 0.372 e. The van der Waals surface area contributed by atoms with Crippen molar-refractivity contribution in [1.82, 2.24) is 0 Å². The predicted molar refractivity (Wildman–Crippen MR) is 73.0 cm³/mol. The van der Waals surface area contributed by atoms with Gasteiger partial charge in [0.25, 0.3) is 0 Å². The Bertz CT molecular complexity index is 479. The molecule has 1 aromatic carbocycles. The highest BCUT2D eigenvalue weighted by atomic mass is 35.5. The quantitative estimate of drug-likeness (QED) is 0.771. The first kappa shape index (κ1) is 13.2. The number of hydrogen-bond donors (Lipinski definition) is 0. The number of hydrogen-bond acceptors (Lipinski definition) is 3. The van der Waals surface area contributed by atoms with Crippen molar-refractivity contribution in [1.29, 1.82) is 5.26 Å². The monoisotopic (exact) mass is 264 g/mol. The molecular weight excluding hydrogens is 248 g/mol. The van der Waals surface area contributed by atoms with Crippen molar-refractivity contribution in [2.75, 3.05) is 24.6 Å². The molecule has 4 heteroatoms. The van der Waals surface area contributed by atoms with E-state index in [1.165, 1.54) is 0 Å². The highest BCUT2D eigenvalue weighted by Crippen LogP contribution is 2.27. The molecule has 3 nitrogen and oxygen atoms in total. The molecular formula is C14H17ClN2O. The van der Waals surface area contributed by atoms with Gasteiger partial charge >= 0.3 is 0 Å². The zero-order valence-corrected chi connectivity index (χ0v) is 11.5. The summed E-state index contributed by atoms with van der Waals surface area (Å²) in [4.78, 5) is 2.21. The van der Waals surface area contributed by atoms with Crippen molar-refractivity contribution in [2.24, 2.45) is 0 Å². The molecule has 1 aliphatic rings. The Balaban J connectivity index is 2.30. The molecule has 2 rings (SSSR count). The summed E-state index contributed by atoms with van der Waals surface area (Å²) < 4.78 is 5.69. The smallest absolute Gasteiger partial charge is 0.101 e. The lowest BCUT2D eigenvalue weighted by Gasteiger charge is -2.39. The second kappa shape index (κ2) is 5.17. The maximum atomic E-state index is 9.25. The van der Waals surface area contributed by atoms with E-state index in [2.05, 4.69) is 24.8 Å². The Morgan fingerprint density at radius 2 is 2.28 bits per heavy atom. The molecule has 0 saturated carbocycles. The van der Waals surface area contributed by atoms with E-state index in [4.69, 9.17) is 16.3 Å². The molecule has 1 heterocycles. The van der Waals surface area contributed by atoms with E-state index in [0.717, 1.165) is 24.3 Å². The molecule has 0 N–H and O–H groups in total. The lowest BCUT2D eigenvalue weighted by Crippen LogP contribution is -2.48. The molecule has 0 aliphatic carbocycles. The van der Waals surface area contributed by atoms with Crippen LogP contribution in [0.15, 0.2) is 18.2 Å². The van der Waals surface area contributed by atoms with Gasteiger partial charge in [-0.15, -0.1) is 11.6 Å². The lowest BCUT2D eigenvalue weighted by atomic mass is 10.0. The molecule has 0 aromatic heterocycles. The van der Waals surface area contributed by atoms with Crippen molar-refractivity contribution in [3.63, 3.8) is 0 Å². The third-order valence-electron chi connectivity index (χ3n) is 3.10. The van der Waals surface area contributed by atoms with E-state index < -0.39 is 0 Å². The van der Waals surface area contributed by atoms with Gasteiger partial charge in [0.15, 0.2) is 0 Å². The van der Waals surface area contributed by atoms with Crippen LogP contribution in [0.5, 0.6) is 0 Å². The number of morpholine rings is 1. The molecule has 0 radical (unpaired) electrons. The van der Waals surface area contributed by atoms with Gasteiger partial charge in [0.1, 0.15) is 6.07 Å². The SMILES string of the molecule is CC1(C)CN(c2ccc(CCl)cc2C#N)CCO1. The molecule has 1 saturated heterocycles. The Morgan fingerprint density at radius 3 is 2.89 bits per heavy atom. The van der Waals surface area contributed by atoms with Gasteiger partial charge in [-0.05, 0) is 31.5 Å². The van der Waals surface area contributed by atoms with Crippen molar-refractivity contribution < 1.29 is 4.74 Å². The molecule has 0 spiro atoms. The number of rotatable bonds is 2. The minimum atomic E-state index is -0.171. The Labute approximate surface area is 113 Å². The number of alkyl halides is 1. The molecule has 96 valence electrons. The minimum Gasteiger partial charge on any atom is -0.372 e. The zero-order chi connectivity index (χ0) is 13.2. The average Bonchev–Trinajstić information content (AvgIpc) is 2.36. The Hall–Kier alpha value is -1.24. The van der Waals surface area contributed by atoms with Crippen LogP contribution in [0.25, 0.3) is 0 Å². The van der Waals surface area contributed by atoms with Gasteiger partial charge in [-0.1, -0.05) is 6.07 Å². The van der Waals surface area contributed by atoms with Gasteiger partial charge in [0.05, 0.1) is 23.5 Å². The maximum Gasteiger partial charge on any atom is 0.101 e. The first-order chi connectivity index (χ1) is 8.55. The standard InChI is InChI=1S/C14H17ClN2O/c1-14(2)10-17(5-6-18-14)13-4-3-11(8-15)7-12(13)9-16/h3-4,7H,5-6,8,10H2,1-2H3. The topological polar surface area (TPSA) is 36.3 Å². The van der Waals surface area contributed by atoms with Crippen LogP contribution in [0.3, 0.4) is 0 Å². The van der Waals surface area contributed by atoms with E-state index in [1.807, 2.05) is 18.2 Å². The second-order valence-electron chi connectivity index (χ2n) is 5.13. The van der Waals surface area contributed by atoms with Crippen LogP contribution >= 0.6 is 11.6 Å². The summed E-state index contributed by atoms with van der Waals surface area (Å²) in [5.41, 5.74) is 2.47. The van der Waals surface area contributed by atoms with Crippen molar-refractivity contribution in [3.05, 3.63) is 29.3 Å². The highest BCUT2D eigenvalue weighted by Gasteiger charge is 2.28. The first-order valence-corrected chi connectivity index (χ1v) is 6.57. The van der Waals surface area contributed by atoms with Gasteiger partial charge in [0, 0.05) is 19.0 Å². The van der Waals surface area contributed by atoms with E-state index >= 15 is 0 Å². The van der Waals surface area contributed by atoms with Crippen LogP contribution in [0.1, 0.15) is 25.0 Å². The molecule has 1 aliphatic heterocycles. The minimum absolute atomic E-state index is 0.171. The lowest BCUT2D eigenvalue weighted by molar-refractivity contribution is -0.0277. The summed E-state index contributed by atoms with van der Waals surface area (Å²) in [7, 11) is 0. The van der Waals surface area contributed by atoms with Gasteiger partial charge in [-0.2, -0.15) is 5.26 Å². The predicted octanol–water partition coefficient (Wildman–Crippen LogP) is 2.91. The van der Waals surface area contributed by atoms with Gasteiger partial charge in [-0.25, -0.2) is 0 Å². The summed E-state index contributed by atoms with van der Waals surface area (Å²) >= 11 is 5.80. The molecule has 0 atom stereocenters. The molecule has 18 heavy (non-hydrogen) atoms. The van der Waals surface area contributed by atoms with Crippen LogP contribution in [0, 0.1) is 11.3 Å². The van der Waals surface area contributed by atoms with Crippen LogP contribution < -0.4 is 4.90 Å². The van der Waals surface area contributed by atoms with Crippen molar-refractivity contribution in [2.45, 2.75) is 25.3 Å². The van der Waals surface area contributed by atoms with Crippen molar-refractivity contribution in [3.8, 4) is 6.07 Å². The van der Waals surface area contributed by atoms with Crippen LogP contribution in [-0.2, 0) is 10.6 Å². The normalized spacial score (nSPS) is 18.4. The van der Waals surface area contributed by atoms with E-state index in [1.54, 1.807) is 0 Å². The number of nitrogens with zero attached hydrogens (tertiary/aromatic N) is 2. The third-order valence-corrected chi connectivity index (χ3v) is 3.41. The number of benzene rings is 1. The average molecular weight is 265 g/mol. The number of halogens is 1. The fourth-order valence-corrected chi connectivity index (χ4v) is 2.42. The highest BCUT2D eigenvalue weighted by molar-refractivity contribution is 6.17. The van der Waals surface area contributed by atoms with Crippen molar-refractivity contribution >= 4 is 17.3 Å². The maximum absolute atomic E-state index is 9.25. The fourth-order valence-electron chi connectivity index (χ4n) is 2.25. The van der Waals surface area contributed by atoms with Gasteiger partial charge in [-0.3, -0.25) is 0 Å². The van der Waals surface area contributed by atoms with E-state index in [-0.39, 0.29) is 5.60 Å². The summed E-state index contributed by atoms with van der Waals surface area (Å²) in [6.45, 7) is 6.44. The number of nitriles is 1. The molecule has 0 amide bonds. The van der Waals surface area contributed by atoms with E-state index in [0.29, 0.717) is 18.1 Å². The van der Waals surface area contributed by atoms with Crippen LogP contribution in [0.2, 0.25) is 0 Å². The third kappa shape index (κ3) is 2.77. The zero-order valence-electron chi connectivity index (χ0n) is 10.7. The molecule has 1 fully saturated rings. The number of anilines is 1. The van der Waals surface area contributed by atoms with Crippen LogP contribution in [0.4, 0.5) is 5.69 Å². The first-order valence-electron chi connectivity index (χ1n) is 6.03. The molecule has 0 unspecified atom stereocenters. The summed E-state index contributed by atoms with van der Waals surface area (Å²) in [6.07, 6.45) is 0. The Morgan fingerprint density at radius 1 is 1.50 bits per heavy atom.